The predicted molar refractivity (Wildman–Crippen MR) is 81.7 cm³/mol. The van der Waals surface area contributed by atoms with Crippen molar-refractivity contribution in [3.05, 3.63) is 34.3 Å². The van der Waals surface area contributed by atoms with Gasteiger partial charge in [0.2, 0.25) is 0 Å². The fourth-order valence-corrected chi connectivity index (χ4v) is 2.42. The van der Waals surface area contributed by atoms with E-state index in [1.165, 1.54) is 0 Å². The smallest absolute Gasteiger partial charge is 0.184 e. The maximum absolute atomic E-state index is 14.1. The first-order valence-corrected chi connectivity index (χ1v) is 7.39. The van der Waals surface area contributed by atoms with E-state index in [9.17, 15) is 4.39 Å². The second kappa shape index (κ2) is 6.15. The van der Waals surface area contributed by atoms with Crippen LogP contribution in [0.25, 0.3) is 11.0 Å². The van der Waals surface area contributed by atoms with E-state index in [2.05, 4.69) is 33.0 Å². The third-order valence-electron chi connectivity index (χ3n) is 3.22. The van der Waals surface area contributed by atoms with Gasteiger partial charge in [-0.25, -0.2) is 4.39 Å². The van der Waals surface area contributed by atoms with E-state index >= 15 is 0 Å². The molecular weight excluding hydrogens is 277 g/mol. The fraction of sp³-hybridized carbons (Fsp3) is 0.500. The lowest BCUT2D eigenvalue weighted by Crippen LogP contribution is -2.22. The van der Waals surface area contributed by atoms with Gasteiger partial charge < -0.3 is 9.73 Å². The molecule has 0 saturated heterocycles. The summed E-state index contributed by atoms with van der Waals surface area (Å²) in [5.41, 5.74) is 1.35. The molecule has 0 fully saturated rings. The van der Waals surface area contributed by atoms with Gasteiger partial charge in [-0.2, -0.15) is 0 Å². The van der Waals surface area contributed by atoms with Crippen molar-refractivity contribution in [3.63, 3.8) is 0 Å². The summed E-state index contributed by atoms with van der Waals surface area (Å²) in [7, 11) is 0. The van der Waals surface area contributed by atoms with Crippen LogP contribution in [0.5, 0.6) is 0 Å². The van der Waals surface area contributed by atoms with Gasteiger partial charge in [0.25, 0.3) is 0 Å². The largest absolute Gasteiger partial charge is 0.456 e. The minimum absolute atomic E-state index is 0.103. The van der Waals surface area contributed by atoms with Gasteiger partial charge in [0.15, 0.2) is 11.4 Å². The Hall–Kier alpha value is -1.06. The van der Waals surface area contributed by atoms with Gasteiger partial charge >= 0.3 is 0 Å². The Labute approximate surface area is 124 Å². The fourth-order valence-electron chi connectivity index (χ4n) is 2.28. The van der Waals surface area contributed by atoms with Gasteiger partial charge in [-0.05, 0) is 24.5 Å². The summed E-state index contributed by atoms with van der Waals surface area (Å²) in [6.45, 7) is 9.03. The van der Waals surface area contributed by atoms with E-state index in [0.717, 1.165) is 23.1 Å². The van der Waals surface area contributed by atoms with Gasteiger partial charge in [0.1, 0.15) is 5.76 Å². The molecule has 0 spiro atoms. The quantitative estimate of drug-likeness (QED) is 0.847. The molecule has 1 N–H and O–H groups in total. The molecule has 1 heterocycles. The van der Waals surface area contributed by atoms with Crippen LogP contribution in [-0.4, -0.2) is 6.04 Å². The number of halogens is 2. The van der Waals surface area contributed by atoms with Crippen LogP contribution in [0.4, 0.5) is 4.39 Å². The second-order valence-corrected chi connectivity index (χ2v) is 6.28. The van der Waals surface area contributed by atoms with Crippen LogP contribution in [0.2, 0.25) is 5.02 Å². The van der Waals surface area contributed by atoms with Crippen molar-refractivity contribution < 1.29 is 8.81 Å². The number of fused-ring (bicyclic) bond motifs is 1. The summed E-state index contributed by atoms with van der Waals surface area (Å²) in [5.74, 6) is 0.820. The second-order valence-electron chi connectivity index (χ2n) is 5.88. The molecule has 2 nitrogen and oxygen atoms in total. The zero-order chi connectivity index (χ0) is 14.9. The monoisotopic (exact) mass is 297 g/mol. The molecule has 1 aromatic carbocycles. The molecule has 0 aliphatic heterocycles. The normalized spacial score (nSPS) is 12.0. The molecule has 2 rings (SSSR count). The summed E-state index contributed by atoms with van der Waals surface area (Å²) in [5, 5.41) is 4.26. The molecule has 0 saturated carbocycles. The molecule has 110 valence electrons. The highest BCUT2D eigenvalue weighted by atomic mass is 35.5. The molecule has 2 aromatic rings. The van der Waals surface area contributed by atoms with Gasteiger partial charge in [-0.3, -0.25) is 0 Å². The number of hydrogen-bond donors (Lipinski definition) is 1. The third-order valence-corrected chi connectivity index (χ3v) is 3.51. The summed E-state index contributed by atoms with van der Waals surface area (Å²) in [6.07, 6.45) is 0.864. The lowest BCUT2D eigenvalue weighted by Gasteiger charge is -2.09. The Balaban J connectivity index is 2.51. The lowest BCUT2D eigenvalue weighted by molar-refractivity contribution is 0.468. The number of rotatable bonds is 5. The van der Waals surface area contributed by atoms with Crippen LogP contribution in [0.3, 0.4) is 0 Å². The first kappa shape index (κ1) is 15.3. The van der Waals surface area contributed by atoms with E-state index in [0.29, 0.717) is 18.5 Å². The van der Waals surface area contributed by atoms with E-state index in [-0.39, 0.29) is 10.6 Å². The summed E-state index contributed by atoms with van der Waals surface area (Å²) in [6, 6.07) is 3.79. The van der Waals surface area contributed by atoms with Crippen LogP contribution >= 0.6 is 11.6 Å². The average Bonchev–Trinajstić information content (AvgIpc) is 2.70. The standard InChI is InChI=1S/C16H21ClFNO/c1-9(2)7-12-11-5-6-13(17)15(18)16(11)20-14(12)8-19-10(3)4/h5-6,9-10,19H,7-8H2,1-4H3. The molecule has 1 aromatic heterocycles. The molecular formula is C16H21ClFNO. The molecule has 0 unspecified atom stereocenters. The Morgan fingerprint density at radius 2 is 1.95 bits per heavy atom. The van der Waals surface area contributed by atoms with Crippen molar-refractivity contribution in [2.24, 2.45) is 5.92 Å². The number of furan rings is 1. The Morgan fingerprint density at radius 1 is 1.25 bits per heavy atom. The molecule has 20 heavy (non-hydrogen) atoms. The summed E-state index contributed by atoms with van der Waals surface area (Å²) >= 11 is 5.83. The van der Waals surface area contributed by atoms with E-state index in [1.54, 1.807) is 6.07 Å². The highest BCUT2D eigenvalue weighted by Gasteiger charge is 2.19. The zero-order valence-corrected chi connectivity index (χ0v) is 13.1. The molecule has 4 heteroatoms. The molecule has 0 radical (unpaired) electrons. The van der Waals surface area contributed by atoms with Crippen molar-refractivity contribution in [2.45, 2.75) is 46.7 Å². The Bertz CT molecular complexity index is 604. The van der Waals surface area contributed by atoms with E-state index < -0.39 is 5.82 Å². The Morgan fingerprint density at radius 3 is 2.55 bits per heavy atom. The van der Waals surface area contributed by atoms with Crippen LogP contribution in [0.15, 0.2) is 16.5 Å². The number of nitrogens with one attached hydrogen (secondary N) is 1. The van der Waals surface area contributed by atoms with Crippen LogP contribution in [0.1, 0.15) is 39.0 Å². The molecule has 0 aliphatic carbocycles. The topological polar surface area (TPSA) is 25.2 Å². The maximum atomic E-state index is 14.1. The molecule has 0 bridgehead atoms. The van der Waals surface area contributed by atoms with Crippen LogP contribution < -0.4 is 5.32 Å². The van der Waals surface area contributed by atoms with Gasteiger partial charge in [-0.15, -0.1) is 0 Å². The van der Waals surface area contributed by atoms with Crippen molar-refractivity contribution in [2.75, 3.05) is 0 Å². The first-order valence-electron chi connectivity index (χ1n) is 7.01. The third kappa shape index (κ3) is 3.15. The van der Waals surface area contributed by atoms with Crippen molar-refractivity contribution in [3.8, 4) is 0 Å². The number of hydrogen-bond acceptors (Lipinski definition) is 2. The van der Waals surface area contributed by atoms with Crippen LogP contribution in [0, 0.1) is 11.7 Å². The summed E-state index contributed by atoms with van der Waals surface area (Å²) < 4.78 is 19.8. The van der Waals surface area contributed by atoms with E-state index in [1.807, 2.05) is 6.07 Å². The van der Waals surface area contributed by atoms with Crippen molar-refractivity contribution >= 4 is 22.6 Å². The zero-order valence-electron chi connectivity index (χ0n) is 12.4. The van der Waals surface area contributed by atoms with Gasteiger partial charge in [-0.1, -0.05) is 39.3 Å². The maximum Gasteiger partial charge on any atom is 0.184 e. The predicted octanol–water partition coefficient (Wildman–Crippen LogP) is 4.92. The lowest BCUT2D eigenvalue weighted by atomic mass is 9.99. The summed E-state index contributed by atoms with van der Waals surface area (Å²) in [4.78, 5) is 0. The SMILES string of the molecule is CC(C)Cc1c(CNC(C)C)oc2c(F)c(Cl)ccc12. The van der Waals surface area contributed by atoms with E-state index in [4.69, 9.17) is 16.0 Å². The number of benzene rings is 1. The van der Waals surface area contributed by atoms with Gasteiger partial charge in [0, 0.05) is 17.0 Å². The average molecular weight is 298 g/mol. The van der Waals surface area contributed by atoms with Gasteiger partial charge in [0.05, 0.1) is 11.6 Å². The first-order chi connectivity index (χ1) is 9.40. The molecule has 0 atom stereocenters. The highest BCUT2D eigenvalue weighted by molar-refractivity contribution is 6.31. The van der Waals surface area contributed by atoms with Crippen LogP contribution in [-0.2, 0) is 13.0 Å². The molecule has 0 aliphatic rings. The van der Waals surface area contributed by atoms with Crippen molar-refractivity contribution in [1.29, 1.82) is 0 Å². The minimum atomic E-state index is -0.468. The Kier molecular flexibility index (Phi) is 4.71. The minimum Gasteiger partial charge on any atom is -0.456 e. The highest BCUT2D eigenvalue weighted by Crippen LogP contribution is 2.33. The van der Waals surface area contributed by atoms with Crippen molar-refractivity contribution in [1.82, 2.24) is 5.32 Å². The molecule has 0 amide bonds.